The van der Waals surface area contributed by atoms with Gasteiger partial charge in [-0.25, -0.2) is 4.68 Å². The first-order valence-electron chi connectivity index (χ1n) is 10.0. The molecule has 0 saturated carbocycles. The van der Waals surface area contributed by atoms with Gasteiger partial charge in [0.05, 0.1) is 17.9 Å². The number of para-hydroxylation sites is 1. The molecule has 0 saturated heterocycles. The molecule has 0 atom stereocenters. The van der Waals surface area contributed by atoms with E-state index >= 15 is 0 Å². The van der Waals surface area contributed by atoms with Crippen LogP contribution in [0.2, 0.25) is 0 Å². The van der Waals surface area contributed by atoms with Crippen molar-refractivity contribution < 1.29 is 22.4 Å². The van der Waals surface area contributed by atoms with Crippen LogP contribution in [0.3, 0.4) is 0 Å². The van der Waals surface area contributed by atoms with Gasteiger partial charge in [-0.15, -0.1) is 0 Å². The van der Waals surface area contributed by atoms with E-state index in [4.69, 9.17) is 10.2 Å². The molecule has 3 N–H and O–H groups in total. The van der Waals surface area contributed by atoms with Gasteiger partial charge in [-0.05, 0) is 48.5 Å². The molecule has 2 heterocycles. The molecule has 0 radical (unpaired) electrons. The summed E-state index contributed by atoms with van der Waals surface area (Å²) < 4.78 is 47.6. The van der Waals surface area contributed by atoms with Crippen molar-refractivity contribution in [2.75, 3.05) is 11.9 Å². The maximum absolute atomic E-state index is 13.5. The van der Waals surface area contributed by atoms with Crippen LogP contribution < -0.4 is 11.1 Å². The lowest BCUT2D eigenvalue weighted by molar-refractivity contribution is -0.141. The number of hydrogen-bond donors (Lipinski definition) is 2. The third-order valence-corrected chi connectivity index (χ3v) is 5.26. The standard InChI is InChI=1S/C24H17F3N4O2/c25-24(26,27)22-12-19(31(30-22)16-8-6-15(7-9-16)29-23(32)13-28)14-5-10-18-17-3-1-2-4-20(17)33-21(18)11-14/h1-12H,13,28H2,(H,29,32). The topological polar surface area (TPSA) is 86.1 Å². The van der Waals surface area contributed by atoms with Gasteiger partial charge in [0.25, 0.3) is 0 Å². The Hall–Kier alpha value is -4.11. The summed E-state index contributed by atoms with van der Waals surface area (Å²) in [4.78, 5) is 11.5. The number of hydrogen-bond acceptors (Lipinski definition) is 4. The van der Waals surface area contributed by atoms with E-state index in [1.807, 2.05) is 30.3 Å². The molecule has 33 heavy (non-hydrogen) atoms. The molecule has 2 aromatic heterocycles. The van der Waals surface area contributed by atoms with E-state index in [2.05, 4.69) is 10.4 Å². The monoisotopic (exact) mass is 450 g/mol. The predicted molar refractivity (Wildman–Crippen MR) is 119 cm³/mol. The van der Waals surface area contributed by atoms with Crippen LogP contribution >= 0.6 is 0 Å². The van der Waals surface area contributed by atoms with Crippen molar-refractivity contribution in [2.45, 2.75) is 6.18 Å². The minimum atomic E-state index is -4.61. The molecule has 0 aliphatic rings. The summed E-state index contributed by atoms with van der Waals surface area (Å²) in [6.45, 7) is -0.176. The van der Waals surface area contributed by atoms with E-state index in [9.17, 15) is 18.0 Å². The number of nitrogens with one attached hydrogen (secondary N) is 1. The van der Waals surface area contributed by atoms with Crippen LogP contribution in [-0.2, 0) is 11.0 Å². The summed E-state index contributed by atoms with van der Waals surface area (Å²) in [6.07, 6.45) is -4.61. The zero-order valence-electron chi connectivity index (χ0n) is 17.1. The maximum Gasteiger partial charge on any atom is 0.435 e. The lowest BCUT2D eigenvalue weighted by Gasteiger charge is -2.09. The average molecular weight is 450 g/mol. The number of carbonyl (C=O) groups excluding carboxylic acids is 1. The molecule has 1 amide bonds. The number of carbonyl (C=O) groups is 1. The van der Waals surface area contributed by atoms with Crippen LogP contribution in [0.4, 0.5) is 18.9 Å². The number of alkyl halides is 3. The molecule has 3 aromatic carbocycles. The first kappa shape index (κ1) is 20.8. The lowest BCUT2D eigenvalue weighted by atomic mass is 10.1. The van der Waals surface area contributed by atoms with E-state index in [1.54, 1.807) is 36.4 Å². The fourth-order valence-electron chi connectivity index (χ4n) is 3.71. The largest absolute Gasteiger partial charge is 0.456 e. The fraction of sp³-hybridized carbons (Fsp3) is 0.0833. The highest BCUT2D eigenvalue weighted by Crippen LogP contribution is 2.36. The molecule has 0 spiro atoms. The fourth-order valence-corrected chi connectivity index (χ4v) is 3.71. The molecule has 0 aliphatic heterocycles. The summed E-state index contributed by atoms with van der Waals surface area (Å²) in [5, 5.41) is 8.21. The first-order valence-corrected chi connectivity index (χ1v) is 10.0. The predicted octanol–water partition coefficient (Wildman–Crippen LogP) is 5.35. The number of anilines is 1. The van der Waals surface area contributed by atoms with E-state index < -0.39 is 11.9 Å². The SMILES string of the molecule is NCC(=O)Nc1ccc(-n2nc(C(F)(F)F)cc2-c2ccc3c(c2)oc2ccccc23)cc1. The van der Waals surface area contributed by atoms with Crippen LogP contribution in [0.15, 0.2) is 77.2 Å². The summed E-state index contributed by atoms with van der Waals surface area (Å²) in [6, 6.07) is 20.1. The number of benzene rings is 3. The smallest absolute Gasteiger partial charge is 0.435 e. The second kappa shape index (κ2) is 7.79. The normalized spacial score (nSPS) is 11.9. The Morgan fingerprint density at radius 3 is 2.42 bits per heavy atom. The Balaban J connectivity index is 1.62. The summed E-state index contributed by atoms with van der Waals surface area (Å²) in [5.74, 6) is -0.374. The molecular formula is C24H17F3N4O2. The van der Waals surface area contributed by atoms with Crippen LogP contribution in [0, 0.1) is 0 Å². The molecule has 0 bridgehead atoms. The number of aromatic nitrogens is 2. The maximum atomic E-state index is 13.5. The number of furan rings is 1. The highest BCUT2D eigenvalue weighted by atomic mass is 19.4. The molecule has 0 fully saturated rings. The van der Waals surface area contributed by atoms with Crippen LogP contribution in [-0.4, -0.2) is 22.2 Å². The molecule has 166 valence electrons. The number of nitrogens with two attached hydrogens (primary N) is 1. The van der Waals surface area contributed by atoms with E-state index in [1.165, 1.54) is 4.68 Å². The number of rotatable bonds is 4. The Morgan fingerprint density at radius 2 is 1.70 bits per heavy atom. The van der Waals surface area contributed by atoms with Gasteiger partial charge in [0, 0.05) is 22.0 Å². The van der Waals surface area contributed by atoms with Gasteiger partial charge in [-0.3, -0.25) is 4.79 Å². The van der Waals surface area contributed by atoms with E-state index in [0.717, 1.165) is 16.8 Å². The minimum absolute atomic E-state index is 0.176. The average Bonchev–Trinajstić information content (AvgIpc) is 3.41. The van der Waals surface area contributed by atoms with E-state index in [-0.39, 0.29) is 18.1 Å². The summed E-state index contributed by atoms with van der Waals surface area (Å²) >= 11 is 0. The van der Waals surface area contributed by atoms with Crippen molar-refractivity contribution in [3.8, 4) is 16.9 Å². The third-order valence-electron chi connectivity index (χ3n) is 5.26. The Labute approximate surface area is 185 Å². The van der Waals surface area contributed by atoms with Crippen molar-refractivity contribution >= 4 is 33.5 Å². The highest BCUT2D eigenvalue weighted by molar-refractivity contribution is 6.05. The lowest BCUT2D eigenvalue weighted by Crippen LogP contribution is -2.21. The van der Waals surface area contributed by atoms with Crippen LogP contribution in [0.1, 0.15) is 5.69 Å². The van der Waals surface area contributed by atoms with Gasteiger partial charge in [-0.1, -0.05) is 24.3 Å². The van der Waals surface area contributed by atoms with Crippen molar-refractivity contribution in [1.29, 1.82) is 0 Å². The molecule has 6 nitrogen and oxygen atoms in total. The van der Waals surface area contributed by atoms with Crippen LogP contribution in [0.5, 0.6) is 0 Å². The number of fused-ring (bicyclic) bond motifs is 3. The number of nitrogens with zero attached hydrogens (tertiary/aromatic N) is 2. The number of halogens is 3. The van der Waals surface area contributed by atoms with Gasteiger partial charge in [-0.2, -0.15) is 18.3 Å². The zero-order valence-corrected chi connectivity index (χ0v) is 17.1. The van der Waals surface area contributed by atoms with Crippen molar-refractivity contribution in [3.63, 3.8) is 0 Å². The quantitative estimate of drug-likeness (QED) is 0.386. The molecule has 9 heteroatoms. The highest BCUT2D eigenvalue weighted by Gasteiger charge is 2.35. The van der Waals surface area contributed by atoms with Gasteiger partial charge < -0.3 is 15.5 Å². The van der Waals surface area contributed by atoms with Crippen molar-refractivity contribution in [3.05, 3.63) is 78.5 Å². The van der Waals surface area contributed by atoms with Gasteiger partial charge in [0.1, 0.15) is 11.2 Å². The second-order valence-electron chi connectivity index (χ2n) is 7.43. The second-order valence-corrected chi connectivity index (χ2v) is 7.43. The summed E-state index contributed by atoms with van der Waals surface area (Å²) in [5.41, 5.74) is 7.19. The third kappa shape index (κ3) is 3.83. The zero-order chi connectivity index (χ0) is 23.2. The van der Waals surface area contributed by atoms with Gasteiger partial charge >= 0.3 is 6.18 Å². The van der Waals surface area contributed by atoms with Crippen molar-refractivity contribution in [1.82, 2.24) is 9.78 Å². The molecule has 5 aromatic rings. The number of amides is 1. The minimum Gasteiger partial charge on any atom is -0.456 e. The van der Waals surface area contributed by atoms with Gasteiger partial charge in [0.15, 0.2) is 5.69 Å². The molecule has 5 rings (SSSR count). The van der Waals surface area contributed by atoms with Crippen molar-refractivity contribution in [2.24, 2.45) is 5.73 Å². The Kier molecular flexibility index (Phi) is 4.90. The van der Waals surface area contributed by atoms with E-state index in [0.29, 0.717) is 28.1 Å². The summed E-state index contributed by atoms with van der Waals surface area (Å²) in [7, 11) is 0. The van der Waals surface area contributed by atoms with Crippen LogP contribution in [0.25, 0.3) is 38.9 Å². The first-order chi connectivity index (χ1) is 15.8. The Bertz CT molecular complexity index is 1480. The Morgan fingerprint density at radius 1 is 0.970 bits per heavy atom. The molecule has 0 aliphatic carbocycles. The van der Waals surface area contributed by atoms with Gasteiger partial charge in [0.2, 0.25) is 5.91 Å². The molecule has 0 unspecified atom stereocenters. The molecular weight excluding hydrogens is 433 g/mol.